The molecule has 506 valence electrons. The molecule has 0 rings (SSSR count). The van der Waals surface area contributed by atoms with E-state index in [-0.39, 0.29) is 12.5 Å². The molecule has 0 radical (unpaired) electrons. The van der Waals surface area contributed by atoms with E-state index in [9.17, 15) is 15.0 Å². The number of aliphatic hydroxyl groups excluding tert-OH is 2. The molecule has 0 bridgehead atoms. The predicted octanol–water partition coefficient (Wildman–Crippen LogP) is 27.4. The normalized spacial score (nSPS) is 12.9. The van der Waals surface area contributed by atoms with Gasteiger partial charge in [0.25, 0.3) is 0 Å². The second kappa shape index (κ2) is 77.3. The Labute approximate surface area is 540 Å². The van der Waals surface area contributed by atoms with Gasteiger partial charge >= 0.3 is 0 Å². The van der Waals surface area contributed by atoms with Gasteiger partial charge in [0.05, 0.1) is 18.8 Å². The summed E-state index contributed by atoms with van der Waals surface area (Å²) in [6.07, 6.45) is 111. The third kappa shape index (κ3) is 72.8. The highest BCUT2D eigenvalue weighted by molar-refractivity contribution is 5.76. The van der Waals surface area contributed by atoms with Crippen molar-refractivity contribution in [3.05, 3.63) is 60.8 Å². The number of hydrogen-bond acceptors (Lipinski definition) is 3. The Bertz CT molecular complexity index is 1410. The van der Waals surface area contributed by atoms with Crippen LogP contribution in [0, 0.1) is 0 Å². The maximum absolute atomic E-state index is 12.6. The molecular weight excluding hydrogens is 1050 g/mol. The average molecular weight is 1200 g/mol. The van der Waals surface area contributed by atoms with Crippen LogP contribution in [0.15, 0.2) is 60.8 Å². The minimum atomic E-state index is -0.841. The van der Waals surface area contributed by atoms with E-state index >= 15 is 0 Å². The molecule has 4 heteroatoms. The van der Waals surface area contributed by atoms with E-state index in [1.54, 1.807) is 6.08 Å². The largest absolute Gasteiger partial charge is 0.394 e. The molecule has 0 heterocycles. The molecule has 0 saturated heterocycles. The van der Waals surface area contributed by atoms with Crippen LogP contribution in [0.25, 0.3) is 0 Å². The van der Waals surface area contributed by atoms with Gasteiger partial charge < -0.3 is 15.5 Å². The summed E-state index contributed by atoms with van der Waals surface area (Å²) in [4.78, 5) is 12.6. The highest BCUT2D eigenvalue weighted by Gasteiger charge is 2.18. The van der Waals surface area contributed by atoms with Crippen LogP contribution in [0.5, 0.6) is 0 Å². The summed E-state index contributed by atoms with van der Waals surface area (Å²) in [6.45, 7) is 4.25. The summed E-state index contributed by atoms with van der Waals surface area (Å²) < 4.78 is 0. The van der Waals surface area contributed by atoms with Gasteiger partial charge in [0, 0.05) is 6.42 Å². The molecule has 0 saturated carbocycles. The lowest BCUT2D eigenvalue weighted by Gasteiger charge is -2.20. The van der Waals surface area contributed by atoms with Gasteiger partial charge in [-0.1, -0.05) is 434 Å². The second-order valence-electron chi connectivity index (χ2n) is 27.1. The number of unbranched alkanes of at least 4 members (excludes halogenated alkanes) is 59. The van der Waals surface area contributed by atoms with Gasteiger partial charge in [-0.05, 0) is 57.8 Å². The fourth-order valence-corrected chi connectivity index (χ4v) is 12.6. The topological polar surface area (TPSA) is 69.6 Å². The number of hydrogen-bond donors (Lipinski definition) is 3. The van der Waals surface area contributed by atoms with Crippen LogP contribution in [-0.2, 0) is 4.79 Å². The summed E-state index contributed by atoms with van der Waals surface area (Å²) in [5.74, 6) is -0.0544. The monoisotopic (exact) mass is 1200 g/mol. The summed E-state index contributed by atoms with van der Waals surface area (Å²) in [5, 5.41) is 23.4. The van der Waals surface area contributed by atoms with Crippen LogP contribution in [0.4, 0.5) is 0 Å². The fourth-order valence-electron chi connectivity index (χ4n) is 12.6. The third-order valence-electron chi connectivity index (χ3n) is 18.5. The maximum atomic E-state index is 12.6. The van der Waals surface area contributed by atoms with E-state index in [1.807, 2.05) is 6.08 Å². The first kappa shape index (κ1) is 84.1. The van der Waals surface area contributed by atoms with Crippen LogP contribution in [0.1, 0.15) is 438 Å². The van der Waals surface area contributed by atoms with Crippen molar-refractivity contribution in [2.24, 2.45) is 0 Å². The number of aliphatic hydroxyl groups is 2. The summed E-state index contributed by atoms with van der Waals surface area (Å²) in [5.41, 5.74) is 0. The Morgan fingerprint density at radius 2 is 0.512 bits per heavy atom. The van der Waals surface area contributed by atoms with Crippen LogP contribution in [-0.4, -0.2) is 34.9 Å². The van der Waals surface area contributed by atoms with E-state index in [0.717, 1.165) is 51.4 Å². The van der Waals surface area contributed by atoms with Crippen LogP contribution in [0.3, 0.4) is 0 Å². The van der Waals surface area contributed by atoms with Crippen molar-refractivity contribution >= 4 is 5.91 Å². The molecule has 0 aromatic carbocycles. The van der Waals surface area contributed by atoms with Crippen molar-refractivity contribution in [1.29, 1.82) is 0 Å². The Balaban J connectivity index is 3.38. The van der Waals surface area contributed by atoms with Crippen LogP contribution >= 0.6 is 0 Å². The van der Waals surface area contributed by atoms with Gasteiger partial charge in [0.15, 0.2) is 0 Å². The minimum absolute atomic E-state index is 0.0544. The first-order valence-electron chi connectivity index (χ1n) is 39.5. The number of amides is 1. The Morgan fingerprint density at radius 1 is 0.291 bits per heavy atom. The van der Waals surface area contributed by atoms with Crippen molar-refractivity contribution in [2.75, 3.05) is 6.61 Å². The number of rotatable bonds is 74. The highest BCUT2D eigenvalue weighted by Crippen LogP contribution is 2.20. The van der Waals surface area contributed by atoms with E-state index < -0.39 is 12.1 Å². The molecule has 2 unspecified atom stereocenters. The zero-order chi connectivity index (χ0) is 61.9. The lowest BCUT2D eigenvalue weighted by atomic mass is 10.0. The number of allylic oxidation sites excluding steroid dienone is 9. The van der Waals surface area contributed by atoms with Gasteiger partial charge in [-0.15, -0.1) is 0 Å². The van der Waals surface area contributed by atoms with Gasteiger partial charge in [-0.2, -0.15) is 0 Å². The molecule has 1 amide bonds. The Kier molecular flexibility index (Phi) is 75.6. The lowest BCUT2D eigenvalue weighted by Crippen LogP contribution is -2.45. The van der Waals surface area contributed by atoms with Crippen LogP contribution in [0.2, 0.25) is 0 Å². The molecule has 86 heavy (non-hydrogen) atoms. The zero-order valence-corrected chi connectivity index (χ0v) is 58.6. The molecule has 0 aliphatic carbocycles. The molecule has 4 nitrogen and oxygen atoms in total. The molecule has 2 atom stereocenters. The van der Waals surface area contributed by atoms with Gasteiger partial charge in [-0.25, -0.2) is 0 Å². The standard InChI is InChI=1S/C82H155NO3/c1-3-5-7-9-11-13-15-17-19-21-23-25-27-29-31-33-35-37-38-39-40-41-42-43-44-46-48-50-52-54-56-58-60-62-64-66-68-70-72-74-76-78-82(86)83-80(79-84)81(85)77-75-73-71-69-67-65-63-61-59-57-55-53-51-49-47-45-36-34-32-30-28-26-24-22-20-18-16-14-12-10-8-6-4-2/h5,7,11,13,17,19,23,25,75,77,80-81,84-85H,3-4,6,8-10,12,14-16,18,20-22,24,26-74,76,78-79H2,1-2H3,(H,83,86)/b7-5-,13-11-,19-17-,25-23-,77-75+. The van der Waals surface area contributed by atoms with Gasteiger partial charge in [-0.3, -0.25) is 4.79 Å². The van der Waals surface area contributed by atoms with Crippen molar-refractivity contribution in [3.8, 4) is 0 Å². The molecule has 0 aromatic heterocycles. The van der Waals surface area contributed by atoms with Crippen molar-refractivity contribution in [2.45, 2.75) is 450 Å². The van der Waals surface area contributed by atoms with Crippen molar-refractivity contribution in [3.63, 3.8) is 0 Å². The fraction of sp³-hybridized carbons (Fsp3) is 0.866. The molecule has 0 spiro atoms. The zero-order valence-electron chi connectivity index (χ0n) is 58.6. The van der Waals surface area contributed by atoms with E-state index in [2.05, 4.69) is 67.8 Å². The number of nitrogens with one attached hydrogen (secondary N) is 1. The molecule has 0 aromatic rings. The summed E-state index contributed by atoms with van der Waals surface area (Å²) >= 11 is 0. The van der Waals surface area contributed by atoms with Gasteiger partial charge in [0.1, 0.15) is 0 Å². The second-order valence-corrected chi connectivity index (χ2v) is 27.1. The summed E-state index contributed by atoms with van der Waals surface area (Å²) in [6, 6.07) is -0.623. The smallest absolute Gasteiger partial charge is 0.220 e. The quantitative estimate of drug-likeness (QED) is 0.0420. The molecule has 0 fully saturated rings. The molecular formula is C82H155NO3. The first-order valence-corrected chi connectivity index (χ1v) is 39.5. The first-order chi connectivity index (χ1) is 42.7. The maximum Gasteiger partial charge on any atom is 0.220 e. The lowest BCUT2D eigenvalue weighted by molar-refractivity contribution is -0.123. The number of carbonyl (C=O) groups is 1. The third-order valence-corrected chi connectivity index (χ3v) is 18.5. The molecule has 3 N–H and O–H groups in total. The predicted molar refractivity (Wildman–Crippen MR) is 387 cm³/mol. The highest BCUT2D eigenvalue weighted by atomic mass is 16.3. The minimum Gasteiger partial charge on any atom is -0.394 e. The van der Waals surface area contributed by atoms with E-state index in [1.165, 1.54) is 366 Å². The SMILES string of the molecule is CC/C=C\C/C=C\C/C=C\C/C=C\CCCCCCCCCCCCCCCCCCCCCCCCCCCCCCC(=O)NC(CO)C(O)/C=C/CCCCCCCCCCCCCCCCCCCCCCCCCCCCCCCCC. The molecule has 0 aliphatic heterocycles. The average Bonchev–Trinajstić information content (AvgIpc) is 3.59. The number of carbonyl (C=O) groups excluding carboxylic acids is 1. The molecule has 0 aliphatic rings. The van der Waals surface area contributed by atoms with E-state index in [0.29, 0.717) is 6.42 Å². The Morgan fingerprint density at radius 3 is 0.767 bits per heavy atom. The summed E-state index contributed by atoms with van der Waals surface area (Å²) in [7, 11) is 0. The van der Waals surface area contributed by atoms with E-state index in [4.69, 9.17) is 0 Å². The van der Waals surface area contributed by atoms with Crippen molar-refractivity contribution < 1.29 is 15.0 Å². The van der Waals surface area contributed by atoms with Gasteiger partial charge in [0.2, 0.25) is 5.91 Å². The van der Waals surface area contributed by atoms with Crippen LogP contribution < -0.4 is 5.32 Å². The van der Waals surface area contributed by atoms with Crippen molar-refractivity contribution in [1.82, 2.24) is 5.32 Å². The Hall–Kier alpha value is -1.91.